The summed E-state index contributed by atoms with van der Waals surface area (Å²) in [6.45, 7) is 2.99. The van der Waals surface area contributed by atoms with Crippen molar-refractivity contribution in [3.63, 3.8) is 0 Å². The predicted molar refractivity (Wildman–Crippen MR) is 78.2 cm³/mol. The van der Waals surface area contributed by atoms with E-state index < -0.39 is 0 Å². The second-order valence-corrected chi connectivity index (χ2v) is 5.51. The van der Waals surface area contributed by atoms with E-state index >= 15 is 0 Å². The molecule has 102 valence electrons. The largest absolute Gasteiger partial charge is 0.398 e. The van der Waals surface area contributed by atoms with Crippen molar-refractivity contribution >= 4 is 29.1 Å². The highest BCUT2D eigenvalue weighted by Crippen LogP contribution is 2.33. The second kappa shape index (κ2) is 6.77. The minimum atomic E-state index is 0.657. The summed E-state index contributed by atoms with van der Waals surface area (Å²) in [4.78, 5) is 0.884. The highest BCUT2D eigenvalue weighted by Gasteiger charge is 2.10. The number of benzene rings is 1. The zero-order valence-electron chi connectivity index (χ0n) is 10.7. The number of unbranched alkanes of at least 4 members (excludes halogenated alkanes) is 1. The summed E-state index contributed by atoms with van der Waals surface area (Å²) >= 11 is 7.69. The Bertz CT molecular complexity index is 522. The number of thioether (sulfide) groups is 1. The molecule has 0 unspecified atom stereocenters. The molecule has 1 aromatic heterocycles. The quantitative estimate of drug-likeness (QED) is 0.655. The van der Waals surface area contributed by atoms with Gasteiger partial charge in [0.15, 0.2) is 5.82 Å². The van der Waals surface area contributed by atoms with Crippen LogP contribution in [0.3, 0.4) is 0 Å². The third kappa shape index (κ3) is 3.61. The molecule has 0 saturated carbocycles. The molecule has 0 saturated heterocycles. The van der Waals surface area contributed by atoms with Crippen LogP contribution in [-0.2, 0) is 12.3 Å². The van der Waals surface area contributed by atoms with Crippen molar-refractivity contribution in [1.82, 2.24) is 20.2 Å². The van der Waals surface area contributed by atoms with Crippen molar-refractivity contribution in [2.45, 2.75) is 37.0 Å². The number of rotatable bonds is 6. The van der Waals surface area contributed by atoms with Gasteiger partial charge in [-0.05, 0) is 29.0 Å². The maximum atomic E-state index is 6.13. The number of anilines is 1. The van der Waals surface area contributed by atoms with Gasteiger partial charge in [-0.3, -0.25) is 0 Å². The third-order valence-corrected chi connectivity index (χ3v) is 4.25. The van der Waals surface area contributed by atoms with Crippen LogP contribution in [-0.4, -0.2) is 20.2 Å². The first-order valence-corrected chi connectivity index (χ1v) is 7.50. The van der Waals surface area contributed by atoms with Crippen LogP contribution in [0.2, 0.25) is 5.02 Å². The van der Waals surface area contributed by atoms with E-state index in [2.05, 4.69) is 22.4 Å². The van der Waals surface area contributed by atoms with Crippen LogP contribution < -0.4 is 5.73 Å². The molecule has 0 spiro atoms. The molecule has 5 nitrogen and oxygen atoms in total. The van der Waals surface area contributed by atoms with Crippen molar-refractivity contribution in [2.24, 2.45) is 0 Å². The van der Waals surface area contributed by atoms with Gasteiger partial charge in [-0.2, -0.15) is 0 Å². The van der Waals surface area contributed by atoms with E-state index in [0.29, 0.717) is 16.5 Å². The lowest BCUT2D eigenvalue weighted by Gasteiger charge is -2.07. The summed E-state index contributed by atoms with van der Waals surface area (Å²) in [6, 6.07) is 5.52. The molecule has 1 aromatic carbocycles. The van der Waals surface area contributed by atoms with Gasteiger partial charge in [-0.1, -0.05) is 31.0 Å². The van der Waals surface area contributed by atoms with E-state index in [-0.39, 0.29) is 0 Å². The molecule has 0 aliphatic carbocycles. The number of nitrogens with two attached hydrogens (primary N) is 1. The first-order chi connectivity index (χ1) is 9.22. The fraction of sp³-hybridized carbons (Fsp3) is 0.417. The molecule has 0 bridgehead atoms. The number of nitrogen functional groups attached to an aromatic ring is 1. The second-order valence-electron chi connectivity index (χ2n) is 4.12. The van der Waals surface area contributed by atoms with Crippen molar-refractivity contribution in [2.75, 3.05) is 5.73 Å². The van der Waals surface area contributed by atoms with E-state index in [4.69, 9.17) is 17.3 Å². The number of tetrazole rings is 1. The Kier molecular flexibility index (Phi) is 5.04. The highest BCUT2D eigenvalue weighted by atomic mass is 35.5. The molecule has 0 fully saturated rings. The molecular formula is C12H16ClN5S. The van der Waals surface area contributed by atoms with Gasteiger partial charge in [0.05, 0.1) is 10.8 Å². The van der Waals surface area contributed by atoms with Gasteiger partial charge in [0.25, 0.3) is 0 Å². The van der Waals surface area contributed by atoms with Gasteiger partial charge in [0, 0.05) is 17.1 Å². The van der Waals surface area contributed by atoms with Crippen LogP contribution in [0.15, 0.2) is 23.1 Å². The minimum absolute atomic E-state index is 0.657. The lowest BCUT2D eigenvalue weighted by atomic mass is 10.3. The number of aromatic nitrogens is 4. The maximum absolute atomic E-state index is 6.13. The summed E-state index contributed by atoms with van der Waals surface area (Å²) in [5, 5.41) is 12.4. The van der Waals surface area contributed by atoms with Crippen LogP contribution >= 0.6 is 23.4 Å². The van der Waals surface area contributed by atoms with Crippen molar-refractivity contribution < 1.29 is 0 Å². The van der Waals surface area contributed by atoms with Crippen LogP contribution in [0.5, 0.6) is 0 Å². The number of aryl methyl sites for hydroxylation is 1. The fourth-order valence-electron chi connectivity index (χ4n) is 1.62. The number of hydrogen-bond donors (Lipinski definition) is 1. The Morgan fingerprint density at radius 1 is 1.42 bits per heavy atom. The Morgan fingerprint density at radius 3 is 3.00 bits per heavy atom. The lowest BCUT2D eigenvalue weighted by molar-refractivity contribution is 0.540. The lowest BCUT2D eigenvalue weighted by Crippen LogP contribution is -2.05. The summed E-state index contributed by atoms with van der Waals surface area (Å²) < 4.78 is 1.84. The van der Waals surface area contributed by atoms with Gasteiger partial charge < -0.3 is 5.73 Å². The third-order valence-electron chi connectivity index (χ3n) is 2.67. The van der Waals surface area contributed by atoms with E-state index in [9.17, 15) is 0 Å². The van der Waals surface area contributed by atoms with Crippen molar-refractivity contribution in [1.29, 1.82) is 0 Å². The van der Waals surface area contributed by atoms with E-state index in [1.807, 2.05) is 22.9 Å². The van der Waals surface area contributed by atoms with E-state index in [1.165, 1.54) is 0 Å². The Morgan fingerprint density at radius 2 is 2.26 bits per heavy atom. The molecule has 2 aromatic rings. The zero-order valence-corrected chi connectivity index (χ0v) is 12.3. The fourth-order valence-corrected chi connectivity index (χ4v) is 2.89. The van der Waals surface area contributed by atoms with E-state index in [1.54, 1.807) is 11.8 Å². The van der Waals surface area contributed by atoms with E-state index in [0.717, 1.165) is 30.1 Å². The summed E-state index contributed by atoms with van der Waals surface area (Å²) in [6.07, 6.45) is 2.18. The first-order valence-electron chi connectivity index (χ1n) is 6.14. The average Bonchev–Trinajstić information content (AvgIpc) is 2.83. The molecule has 2 rings (SSSR count). The predicted octanol–water partition coefficient (Wildman–Crippen LogP) is 3.00. The van der Waals surface area contributed by atoms with Crippen molar-refractivity contribution in [3.05, 3.63) is 29.0 Å². The Hall–Kier alpha value is -1.27. The molecule has 0 atom stereocenters. The first kappa shape index (κ1) is 14.1. The maximum Gasteiger partial charge on any atom is 0.161 e. The molecule has 7 heteroatoms. The zero-order chi connectivity index (χ0) is 13.7. The molecule has 0 aliphatic heterocycles. The van der Waals surface area contributed by atoms with Gasteiger partial charge in [-0.25, -0.2) is 4.68 Å². The van der Waals surface area contributed by atoms with Crippen LogP contribution in [0.4, 0.5) is 5.69 Å². The normalized spacial score (nSPS) is 10.8. The van der Waals surface area contributed by atoms with Crippen molar-refractivity contribution in [3.8, 4) is 0 Å². The van der Waals surface area contributed by atoms with Crippen LogP contribution in [0.1, 0.15) is 25.6 Å². The smallest absolute Gasteiger partial charge is 0.161 e. The monoisotopic (exact) mass is 297 g/mol. The summed E-state index contributed by atoms with van der Waals surface area (Å²) in [7, 11) is 0. The Labute approximate surface area is 121 Å². The summed E-state index contributed by atoms with van der Waals surface area (Å²) in [5.41, 5.74) is 6.60. The van der Waals surface area contributed by atoms with Gasteiger partial charge >= 0.3 is 0 Å². The van der Waals surface area contributed by atoms with Crippen LogP contribution in [0, 0.1) is 0 Å². The topological polar surface area (TPSA) is 69.6 Å². The van der Waals surface area contributed by atoms with Gasteiger partial charge in [0.2, 0.25) is 0 Å². The number of halogens is 1. The molecule has 0 radical (unpaired) electrons. The SMILES string of the molecule is CCCCn1nnnc1CSc1c(N)cccc1Cl. The standard InChI is InChI=1S/C12H16ClN5S/c1-2-3-7-18-11(15-16-17-18)8-19-12-9(13)5-4-6-10(12)14/h4-6H,2-3,7-8,14H2,1H3. The summed E-state index contributed by atoms with van der Waals surface area (Å²) in [5.74, 6) is 1.50. The molecule has 0 amide bonds. The Balaban J connectivity index is 2.04. The molecule has 2 N–H and O–H groups in total. The van der Waals surface area contributed by atoms with Gasteiger partial charge in [-0.15, -0.1) is 16.9 Å². The van der Waals surface area contributed by atoms with Crippen LogP contribution in [0.25, 0.3) is 0 Å². The molecule has 19 heavy (non-hydrogen) atoms. The highest BCUT2D eigenvalue weighted by molar-refractivity contribution is 7.98. The molecule has 1 heterocycles. The average molecular weight is 298 g/mol. The minimum Gasteiger partial charge on any atom is -0.398 e. The number of hydrogen-bond acceptors (Lipinski definition) is 5. The number of nitrogens with zero attached hydrogens (tertiary/aromatic N) is 4. The molecular weight excluding hydrogens is 282 g/mol. The van der Waals surface area contributed by atoms with Gasteiger partial charge in [0.1, 0.15) is 0 Å². The molecule has 0 aliphatic rings.